The zero-order valence-electron chi connectivity index (χ0n) is 12.6. The average Bonchev–Trinajstić information content (AvgIpc) is 3.19. The van der Waals surface area contributed by atoms with Gasteiger partial charge in [0.05, 0.1) is 6.10 Å². The zero-order valence-corrected chi connectivity index (χ0v) is 12.6. The molecular formula is C16H30N2O. The van der Waals surface area contributed by atoms with E-state index in [9.17, 15) is 5.11 Å². The third-order valence-electron chi connectivity index (χ3n) is 5.58. The molecule has 3 nitrogen and oxygen atoms in total. The van der Waals surface area contributed by atoms with Crippen LogP contribution in [0.4, 0.5) is 0 Å². The average molecular weight is 266 g/mol. The van der Waals surface area contributed by atoms with Crippen LogP contribution in [-0.2, 0) is 0 Å². The van der Waals surface area contributed by atoms with Gasteiger partial charge >= 0.3 is 0 Å². The molecule has 4 unspecified atom stereocenters. The second-order valence-corrected chi connectivity index (χ2v) is 7.35. The number of nitrogens with zero attached hydrogens (tertiary/aromatic N) is 2. The van der Waals surface area contributed by atoms with Crippen LogP contribution in [0, 0.1) is 17.8 Å². The van der Waals surface area contributed by atoms with Crippen LogP contribution in [0.15, 0.2) is 0 Å². The van der Waals surface area contributed by atoms with Crippen LogP contribution in [0.3, 0.4) is 0 Å². The Bertz CT molecular complexity index is 285. The molecule has 0 spiro atoms. The van der Waals surface area contributed by atoms with E-state index in [0.717, 1.165) is 19.0 Å². The van der Waals surface area contributed by atoms with Crippen LogP contribution in [0.25, 0.3) is 0 Å². The molecule has 0 aromatic rings. The summed E-state index contributed by atoms with van der Waals surface area (Å²) in [7, 11) is 0. The molecule has 4 atom stereocenters. The SMILES string of the molecule is CC1CC(C)C(CN2CCN(C3CC3)CC2)C(O)C1. The number of aliphatic hydroxyl groups is 1. The van der Waals surface area contributed by atoms with E-state index in [2.05, 4.69) is 23.6 Å². The molecule has 1 heterocycles. The maximum absolute atomic E-state index is 10.4. The van der Waals surface area contributed by atoms with Gasteiger partial charge in [-0.15, -0.1) is 0 Å². The first-order valence-corrected chi connectivity index (χ1v) is 8.28. The lowest BCUT2D eigenvalue weighted by Crippen LogP contribution is -2.51. The van der Waals surface area contributed by atoms with Crippen LogP contribution in [0.5, 0.6) is 0 Å². The lowest BCUT2D eigenvalue weighted by Gasteiger charge is -2.42. The maximum Gasteiger partial charge on any atom is 0.0585 e. The third kappa shape index (κ3) is 3.32. The van der Waals surface area contributed by atoms with E-state index in [1.807, 2.05) is 0 Å². The zero-order chi connectivity index (χ0) is 13.4. The predicted molar refractivity (Wildman–Crippen MR) is 78.1 cm³/mol. The Hall–Kier alpha value is -0.120. The van der Waals surface area contributed by atoms with Crippen molar-refractivity contribution in [3.63, 3.8) is 0 Å². The van der Waals surface area contributed by atoms with Crippen molar-refractivity contribution in [2.45, 2.75) is 51.7 Å². The second-order valence-electron chi connectivity index (χ2n) is 7.35. The minimum absolute atomic E-state index is 0.0692. The molecule has 1 saturated heterocycles. The number of hydrogen-bond acceptors (Lipinski definition) is 3. The molecule has 3 fully saturated rings. The van der Waals surface area contributed by atoms with Crippen molar-refractivity contribution in [2.24, 2.45) is 17.8 Å². The van der Waals surface area contributed by atoms with Gasteiger partial charge in [0.25, 0.3) is 0 Å². The highest BCUT2D eigenvalue weighted by molar-refractivity contribution is 4.90. The van der Waals surface area contributed by atoms with E-state index >= 15 is 0 Å². The molecule has 3 heteroatoms. The van der Waals surface area contributed by atoms with Crippen LogP contribution < -0.4 is 0 Å². The number of piperazine rings is 1. The fourth-order valence-corrected chi connectivity index (χ4v) is 4.22. The monoisotopic (exact) mass is 266 g/mol. The first kappa shape index (κ1) is 13.8. The van der Waals surface area contributed by atoms with Crippen LogP contribution in [-0.4, -0.2) is 59.8 Å². The van der Waals surface area contributed by atoms with Gasteiger partial charge in [0.1, 0.15) is 0 Å². The van der Waals surface area contributed by atoms with Crippen LogP contribution in [0.2, 0.25) is 0 Å². The fraction of sp³-hybridized carbons (Fsp3) is 1.00. The minimum atomic E-state index is -0.0692. The summed E-state index contributed by atoms with van der Waals surface area (Å²) in [5, 5.41) is 10.4. The smallest absolute Gasteiger partial charge is 0.0585 e. The molecule has 0 aromatic heterocycles. The molecule has 19 heavy (non-hydrogen) atoms. The van der Waals surface area contributed by atoms with Crippen LogP contribution in [0.1, 0.15) is 39.5 Å². The third-order valence-corrected chi connectivity index (χ3v) is 5.58. The Balaban J connectivity index is 1.48. The highest BCUT2D eigenvalue weighted by Crippen LogP contribution is 2.34. The van der Waals surface area contributed by atoms with Gasteiger partial charge in [0, 0.05) is 44.7 Å². The van der Waals surface area contributed by atoms with E-state index in [1.54, 1.807) is 0 Å². The summed E-state index contributed by atoms with van der Waals surface area (Å²) >= 11 is 0. The lowest BCUT2D eigenvalue weighted by atomic mass is 9.73. The summed E-state index contributed by atoms with van der Waals surface area (Å²) in [6.07, 6.45) is 5.09. The van der Waals surface area contributed by atoms with Crippen molar-refractivity contribution < 1.29 is 5.11 Å². The molecule has 0 radical (unpaired) electrons. The van der Waals surface area contributed by atoms with Gasteiger partial charge in [0.15, 0.2) is 0 Å². The minimum Gasteiger partial charge on any atom is -0.393 e. The largest absolute Gasteiger partial charge is 0.393 e. The van der Waals surface area contributed by atoms with Crippen molar-refractivity contribution in [3.8, 4) is 0 Å². The van der Waals surface area contributed by atoms with Crippen molar-refractivity contribution in [3.05, 3.63) is 0 Å². The van der Waals surface area contributed by atoms with Gasteiger partial charge < -0.3 is 10.0 Å². The topological polar surface area (TPSA) is 26.7 Å². The fourth-order valence-electron chi connectivity index (χ4n) is 4.22. The Morgan fingerprint density at radius 2 is 1.68 bits per heavy atom. The predicted octanol–water partition coefficient (Wildman–Crippen LogP) is 1.81. The van der Waals surface area contributed by atoms with Crippen molar-refractivity contribution in [2.75, 3.05) is 32.7 Å². The second kappa shape index (κ2) is 5.71. The van der Waals surface area contributed by atoms with E-state index in [0.29, 0.717) is 17.8 Å². The molecule has 110 valence electrons. The standard InChI is InChI=1S/C16H30N2O/c1-12-9-13(2)15(16(19)10-12)11-17-5-7-18(8-6-17)14-3-4-14/h12-16,19H,3-11H2,1-2H3. The molecule has 0 bridgehead atoms. The van der Waals surface area contributed by atoms with E-state index in [4.69, 9.17) is 0 Å². The van der Waals surface area contributed by atoms with Gasteiger partial charge in [0.2, 0.25) is 0 Å². The van der Waals surface area contributed by atoms with Crippen molar-refractivity contribution in [1.82, 2.24) is 9.80 Å². The maximum atomic E-state index is 10.4. The molecule has 0 amide bonds. The Morgan fingerprint density at radius 3 is 2.26 bits per heavy atom. The van der Waals surface area contributed by atoms with Crippen molar-refractivity contribution in [1.29, 1.82) is 0 Å². The van der Waals surface area contributed by atoms with Crippen LogP contribution >= 0.6 is 0 Å². The summed E-state index contributed by atoms with van der Waals surface area (Å²) in [4.78, 5) is 5.26. The highest BCUT2D eigenvalue weighted by Gasteiger charge is 2.36. The summed E-state index contributed by atoms with van der Waals surface area (Å²) in [6, 6.07) is 0.919. The van der Waals surface area contributed by atoms with Gasteiger partial charge in [-0.1, -0.05) is 13.8 Å². The Labute approximate surface area is 118 Å². The summed E-state index contributed by atoms with van der Waals surface area (Å²) < 4.78 is 0. The number of aliphatic hydroxyl groups excluding tert-OH is 1. The molecular weight excluding hydrogens is 236 g/mol. The number of rotatable bonds is 3. The van der Waals surface area contributed by atoms with E-state index in [-0.39, 0.29) is 6.10 Å². The van der Waals surface area contributed by atoms with E-state index < -0.39 is 0 Å². The molecule has 3 aliphatic rings. The van der Waals surface area contributed by atoms with Gasteiger partial charge in [-0.2, -0.15) is 0 Å². The molecule has 2 saturated carbocycles. The van der Waals surface area contributed by atoms with Gasteiger partial charge in [-0.25, -0.2) is 0 Å². The Morgan fingerprint density at radius 1 is 1.00 bits per heavy atom. The first-order valence-electron chi connectivity index (χ1n) is 8.28. The molecule has 2 aliphatic carbocycles. The van der Waals surface area contributed by atoms with Gasteiger partial charge in [-0.3, -0.25) is 4.90 Å². The van der Waals surface area contributed by atoms with Crippen molar-refractivity contribution >= 4 is 0 Å². The summed E-state index contributed by atoms with van der Waals surface area (Å²) in [6.45, 7) is 10.7. The normalized spacial score (nSPS) is 42.5. The molecule has 0 aromatic carbocycles. The molecule has 1 aliphatic heterocycles. The molecule has 1 N–H and O–H groups in total. The van der Waals surface area contributed by atoms with E-state index in [1.165, 1.54) is 45.4 Å². The lowest BCUT2D eigenvalue weighted by molar-refractivity contribution is -0.0101. The highest BCUT2D eigenvalue weighted by atomic mass is 16.3. The summed E-state index contributed by atoms with van der Waals surface area (Å²) in [5.41, 5.74) is 0. The quantitative estimate of drug-likeness (QED) is 0.844. The Kier molecular flexibility index (Phi) is 4.16. The molecule has 3 rings (SSSR count). The first-order chi connectivity index (χ1) is 9.13. The number of hydrogen-bond donors (Lipinski definition) is 1. The van der Waals surface area contributed by atoms with Gasteiger partial charge in [-0.05, 0) is 37.5 Å². The summed E-state index contributed by atoms with van der Waals surface area (Å²) in [5.74, 6) is 1.89.